The van der Waals surface area contributed by atoms with Gasteiger partial charge in [0.1, 0.15) is 36.1 Å². The summed E-state index contributed by atoms with van der Waals surface area (Å²) in [6.07, 6.45) is -2.37. The normalized spacial score (nSPS) is 33.4. The van der Waals surface area contributed by atoms with Gasteiger partial charge in [0.25, 0.3) is 0 Å². The highest BCUT2D eigenvalue weighted by atomic mass is 35.5. The minimum absolute atomic E-state index is 0.0765. The highest BCUT2D eigenvalue weighted by Crippen LogP contribution is 2.47. The number of fused-ring (bicyclic) bond motifs is 2. The Bertz CT molecular complexity index is 1010. The summed E-state index contributed by atoms with van der Waals surface area (Å²) in [6.45, 7) is 1.58. The van der Waals surface area contributed by atoms with Crippen LogP contribution in [0.3, 0.4) is 0 Å². The second-order valence-corrected chi connectivity index (χ2v) is 10.1. The van der Waals surface area contributed by atoms with Crippen LogP contribution < -0.4 is 4.90 Å². The zero-order chi connectivity index (χ0) is 21.2. The van der Waals surface area contributed by atoms with E-state index in [1.54, 1.807) is 10.8 Å². The summed E-state index contributed by atoms with van der Waals surface area (Å²) in [7, 11) is -4.34. The standard InChI is InChI=1S/C17H22ClN4O7P/c18-17-19-14(21-4-8-3-9(8)5-21)10-1-2-22(15(10)20-17)16-13(24)12(23)11(29-16)6-28-7-30(25,26)27/h1-2,8-9,11-13,16,23-24H,3-7H2,(H2,25,26,27)/t8?,9?,11-,12-,13-,16-/m1/s1. The lowest BCUT2D eigenvalue weighted by molar-refractivity contribution is -0.0610. The number of halogens is 1. The predicted molar refractivity (Wildman–Crippen MR) is 105 cm³/mol. The summed E-state index contributed by atoms with van der Waals surface area (Å²) in [6, 6.07) is 1.82. The van der Waals surface area contributed by atoms with E-state index < -0.39 is 38.5 Å². The van der Waals surface area contributed by atoms with Crippen molar-refractivity contribution in [1.82, 2.24) is 14.5 Å². The number of hydrogen-bond donors (Lipinski definition) is 4. The molecule has 1 aliphatic carbocycles. The second-order valence-electron chi connectivity index (χ2n) is 8.15. The lowest BCUT2D eigenvalue weighted by atomic mass is 10.1. The molecule has 2 aromatic rings. The third-order valence-corrected chi connectivity index (χ3v) is 6.64. The first-order valence-corrected chi connectivity index (χ1v) is 11.8. The van der Waals surface area contributed by atoms with Gasteiger partial charge >= 0.3 is 7.60 Å². The van der Waals surface area contributed by atoms with E-state index in [2.05, 4.69) is 14.9 Å². The van der Waals surface area contributed by atoms with E-state index in [0.717, 1.165) is 24.3 Å². The number of ether oxygens (including phenoxy) is 2. The Morgan fingerprint density at radius 2 is 1.97 bits per heavy atom. The number of rotatable bonds is 6. The van der Waals surface area contributed by atoms with Crippen molar-refractivity contribution >= 4 is 36.0 Å². The van der Waals surface area contributed by atoms with Crippen LogP contribution >= 0.6 is 19.2 Å². The number of hydrogen-bond acceptors (Lipinski definition) is 8. The molecule has 1 saturated carbocycles. The molecular formula is C17H22ClN4O7P. The van der Waals surface area contributed by atoms with Crippen LogP contribution in [-0.2, 0) is 14.0 Å². The van der Waals surface area contributed by atoms with E-state index in [9.17, 15) is 14.8 Å². The average Bonchev–Trinajstić information content (AvgIpc) is 2.99. The number of aliphatic hydroxyl groups excluding tert-OH is 2. The molecule has 2 saturated heterocycles. The van der Waals surface area contributed by atoms with E-state index in [1.165, 1.54) is 6.42 Å². The molecule has 5 rings (SSSR count). The largest absolute Gasteiger partial charge is 0.387 e. The number of anilines is 1. The smallest absolute Gasteiger partial charge is 0.350 e. The van der Waals surface area contributed by atoms with E-state index in [1.807, 2.05) is 6.07 Å². The van der Waals surface area contributed by atoms with Crippen LogP contribution in [0.15, 0.2) is 12.3 Å². The quantitative estimate of drug-likeness (QED) is 0.350. The van der Waals surface area contributed by atoms with Crippen molar-refractivity contribution in [3.63, 3.8) is 0 Å². The highest BCUT2D eigenvalue weighted by molar-refractivity contribution is 7.51. The van der Waals surface area contributed by atoms with Crippen molar-refractivity contribution in [3.05, 3.63) is 17.5 Å². The molecule has 13 heteroatoms. The number of aromatic nitrogens is 3. The van der Waals surface area contributed by atoms with Crippen LogP contribution in [-0.4, -0.2) is 78.9 Å². The fourth-order valence-corrected chi connectivity index (χ4v) is 4.90. The molecule has 2 aliphatic heterocycles. The minimum atomic E-state index is -4.34. The van der Waals surface area contributed by atoms with Crippen LogP contribution in [0.2, 0.25) is 5.28 Å². The van der Waals surface area contributed by atoms with Crippen LogP contribution in [0, 0.1) is 11.8 Å². The predicted octanol–water partition coefficient (Wildman–Crippen LogP) is 0.312. The number of aliphatic hydroxyl groups is 2. The Kier molecular flexibility index (Phi) is 5.07. The van der Waals surface area contributed by atoms with E-state index in [4.69, 9.17) is 30.9 Å². The van der Waals surface area contributed by atoms with E-state index in [0.29, 0.717) is 17.5 Å². The van der Waals surface area contributed by atoms with Crippen molar-refractivity contribution in [3.8, 4) is 0 Å². The monoisotopic (exact) mass is 460 g/mol. The van der Waals surface area contributed by atoms with Gasteiger partial charge in [-0.05, 0) is 35.9 Å². The molecule has 6 atom stereocenters. The zero-order valence-corrected chi connectivity index (χ0v) is 17.4. The van der Waals surface area contributed by atoms with Gasteiger partial charge in [-0.15, -0.1) is 0 Å². The zero-order valence-electron chi connectivity index (χ0n) is 15.8. The summed E-state index contributed by atoms with van der Waals surface area (Å²) in [5.74, 6) is 2.16. The Morgan fingerprint density at radius 3 is 2.67 bits per heavy atom. The maximum atomic E-state index is 10.9. The molecule has 2 aromatic heterocycles. The van der Waals surface area contributed by atoms with Crippen LogP contribution in [0.1, 0.15) is 12.6 Å². The van der Waals surface area contributed by atoms with E-state index >= 15 is 0 Å². The third kappa shape index (κ3) is 3.74. The lowest BCUT2D eigenvalue weighted by Gasteiger charge is -2.21. The van der Waals surface area contributed by atoms with Gasteiger partial charge in [0.05, 0.1) is 12.0 Å². The van der Waals surface area contributed by atoms with Crippen molar-refractivity contribution in [1.29, 1.82) is 0 Å². The van der Waals surface area contributed by atoms with E-state index in [-0.39, 0.29) is 11.9 Å². The molecule has 4 heterocycles. The average molecular weight is 461 g/mol. The first kappa shape index (κ1) is 20.6. The van der Waals surface area contributed by atoms with Crippen molar-refractivity contribution < 1.29 is 34.0 Å². The number of piperidine rings is 1. The molecule has 164 valence electrons. The topological polar surface area (TPSA) is 150 Å². The third-order valence-electron chi connectivity index (χ3n) is 5.96. The molecule has 2 unspecified atom stereocenters. The van der Waals surface area contributed by atoms with Crippen molar-refractivity contribution in [2.75, 3.05) is 30.9 Å². The van der Waals surface area contributed by atoms with Gasteiger partial charge < -0.3 is 38.9 Å². The Hall–Kier alpha value is -1.30. The van der Waals surface area contributed by atoms with Gasteiger partial charge in [-0.3, -0.25) is 4.57 Å². The molecule has 11 nitrogen and oxygen atoms in total. The van der Waals surface area contributed by atoms with Gasteiger partial charge in [-0.25, -0.2) is 0 Å². The summed E-state index contributed by atoms with van der Waals surface area (Å²) in [5.41, 5.74) is 0.471. The molecule has 0 amide bonds. The molecule has 0 bridgehead atoms. The second kappa shape index (κ2) is 7.39. The van der Waals surface area contributed by atoms with Crippen LogP contribution in [0.4, 0.5) is 5.82 Å². The van der Waals surface area contributed by atoms with Crippen LogP contribution in [0.25, 0.3) is 11.0 Å². The summed E-state index contributed by atoms with van der Waals surface area (Å²) >= 11 is 6.18. The van der Waals surface area contributed by atoms with Crippen molar-refractivity contribution in [2.24, 2.45) is 11.8 Å². The molecule has 30 heavy (non-hydrogen) atoms. The molecule has 3 aliphatic rings. The molecule has 3 fully saturated rings. The van der Waals surface area contributed by atoms with Gasteiger partial charge in [0, 0.05) is 19.3 Å². The Labute approximate surface area is 176 Å². The molecule has 4 N–H and O–H groups in total. The molecular weight excluding hydrogens is 439 g/mol. The maximum Gasteiger partial charge on any atom is 0.350 e. The molecule has 0 spiro atoms. The van der Waals surface area contributed by atoms with Crippen LogP contribution in [0.5, 0.6) is 0 Å². The van der Waals surface area contributed by atoms with Gasteiger partial charge in [0.15, 0.2) is 6.23 Å². The SMILES string of the molecule is O=P(O)(O)COC[C@H]1O[C@@H](n2ccc3c(N4CC5CC5C4)nc(Cl)nc32)[C@H](O)[C@@H]1O. The first-order valence-electron chi connectivity index (χ1n) is 9.64. The molecule has 0 radical (unpaired) electrons. The Morgan fingerprint density at radius 1 is 1.23 bits per heavy atom. The molecule has 0 aromatic carbocycles. The Balaban J connectivity index is 1.39. The minimum Gasteiger partial charge on any atom is -0.387 e. The van der Waals surface area contributed by atoms with Crippen molar-refractivity contribution in [2.45, 2.75) is 31.0 Å². The summed E-state index contributed by atoms with van der Waals surface area (Å²) in [5, 5.41) is 21.7. The summed E-state index contributed by atoms with van der Waals surface area (Å²) in [4.78, 5) is 28.7. The lowest BCUT2D eigenvalue weighted by Crippen LogP contribution is -2.33. The maximum absolute atomic E-state index is 10.9. The fraction of sp³-hybridized carbons (Fsp3) is 0.647. The number of nitrogens with zero attached hydrogens (tertiary/aromatic N) is 4. The van der Waals surface area contributed by atoms with Gasteiger partial charge in [-0.1, -0.05) is 0 Å². The highest BCUT2D eigenvalue weighted by Gasteiger charge is 2.47. The van der Waals surface area contributed by atoms with Gasteiger partial charge in [0.2, 0.25) is 5.28 Å². The van der Waals surface area contributed by atoms with Gasteiger partial charge in [-0.2, -0.15) is 9.97 Å². The fourth-order valence-electron chi connectivity index (χ4n) is 4.39. The summed E-state index contributed by atoms with van der Waals surface area (Å²) < 4.78 is 23.2. The first-order chi connectivity index (χ1) is 14.2.